The van der Waals surface area contributed by atoms with Gasteiger partial charge in [-0.15, -0.1) is 11.3 Å². The van der Waals surface area contributed by atoms with Gasteiger partial charge in [-0.25, -0.2) is 9.37 Å². The number of rotatable bonds is 3. The third kappa shape index (κ3) is 3.68. The number of halogens is 1. The SMILES string of the molecule is Nc1nc2c(s1)CCN(C/C=C/c1ccc(F)cc1)CC2. The fourth-order valence-corrected chi connectivity index (χ4v) is 3.39. The highest BCUT2D eigenvalue weighted by molar-refractivity contribution is 7.15. The average molecular weight is 303 g/mol. The van der Waals surface area contributed by atoms with E-state index in [9.17, 15) is 4.39 Å². The highest BCUT2D eigenvalue weighted by Gasteiger charge is 2.16. The number of nitrogens with two attached hydrogens (primary N) is 1. The van der Waals surface area contributed by atoms with Gasteiger partial charge in [0, 0.05) is 30.9 Å². The molecule has 2 heterocycles. The number of thiazole rings is 1. The van der Waals surface area contributed by atoms with Crippen LogP contribution in [0.2, 0.25) is 0 Å². The predicted molar refractivity (Wildman–Crippen MR) is 85.8 cm³/mol. The molecule has 110 valence electrons. The van der Waals surface area contributed by atoms with Crippen molar-refractivity contribution in [2.45, 2.75) is 12.8 Å². The van der Waals surface area contributed by atoms with Gasteiger partial charge in [0.2, 0.25) is 0 Å². The van der Waals surface area contributed by atoms with E-state index in [1.54, 1.807) is 23.5 Å². The van der Waals surface area contributed by atoms with E-state index in [2.05, 4.69) is 16.0 Å². The molecule has 5 heteroatoms. The lowest BCUT2D eigenvalue weighted by molar-refractivity contribution is 0.318. The van der Waals surface area contributed by atoms with Crippen LogP contribution in [0.5, 0.6) is 0 Å². The molecule has 0 saturated heterocycles. The number of nitrogens with zero attached hydrogens (tertiary/aromatic N) is 2. The Morgan fingerprint density at radius 2 is 2.00 bits per heavy atom. The standard InChI is InChI=1S/C16H18FN3S/c17-13-5-3-12(4-6-13)2-1-9-20-10-7-14-15(8-11-20)21-16(18)19-14/h1-6H,7-11H2,(H2,18,19)/b2-1+. The van der Waals surface area contributed by atoms with Crippen LogP contribution >= 0.6 is 11.3 Å². The van der Waals surface area contributed by atoms with Crippen molar-refractivity contribution in [1.82, 2.24) is 9.88 Å². The van der Waals surface area contributed by atoms with Crippen molar-refractivity contribution in [2.24, 2.45) is 0 Å². The summed E-state index contributed by atoms with van der Waals surface area (Å²) in [6, 6.07) is 6.55. The summed E-state index contributed by atoms with van der Waals surface area (Å²) < 4.78 is 12.8. The summed E-state index contributed by atoms with van der Waals surface area (Å²) in [5, 5.41) is 0.685. The Labute approximate surface area is 127 Å². The monoisotopic (exact) mass is 303 g/mol. The van der Waals surface area contributed by atoms with E-state index in [1.807, 2.05) is 6.08 Å². The van der Waals surface area contributed by atoms with Gasteiger partial charge in [0.05, 0.1) is 5.69 Å². The molecular formula is C16H18FN3S. The molecule has 0 unspecified atom stereocenters. The van der Waals surface area contributed by atoms with Crippen molar-refractivity contribution in [3.8, 4) is 0 Å². The molecule has 1 aromatic carbocycles. The van der Waals surface area contributed by atoms with E-state index in [0.717, 1.165) is 38.0 Å². The smallest absolute Gasteiger partial charge is 0.180 e. The molecule has 0 saturated carbocycles. The summed E-state index contributed by atoms with van der Waals surface area (Å²) in [5.41, 5.74) is 7.95. The number of aromatic nitrogens is 1. The van der Waals surface area contributed by atoms with Crippen molar-refractivity contribution in [3.63, 3.8) is 0 Å². The third-order valence-corrected chi connectivity index (χ3v) is 4.65. The first kappa shape index (κ1) is 14.2. The Kier molecular flexibility index (Phi) is 4.31. The van der Waals surface area contributed by atoms with Crippen molar-refractivity contribution >= 4 is 22.5 Å². The van der Waals surface area contributed by atoms with Crippen LogP contribution in [-0.2, 0) is 12.8 Å². The molecule has 0 spiro atoms. The summed E-state index contributed by atoms with van der Waals surface area (Å²) in [4.78, 5) is 8.14. The third-order valence-electron chi connectivity index (χ3n) is 3.66. The van der Waals surface area contributed by atoms with Gasteiger partial charge < -0.3 is 5.73 Å². The van der Waals surface area contributed by atoms with Gasteiger partial charge in [0.1, 0.15) is 5.82 Å². The maximum absolute atomic E-state index is 12.8. The Morgan fingerprint density at radius 1 is 1.24 bits per heavy atom. The second kappa shape index (κ2) is 6.37. The average Bonchev–Trinajstić information content (AvgIpc) is 2.73. The number of hydrogen-bond donors (Lipinski definition) is 1. The normalized spacial score (nSPS) is 16.0. The van der Waals surface area contributed by atoms with Gasteiger partial charge in [-0.1, -0.05) is 24.3 Å². The highest BCUT2D eigenvalue weighted by atomic mass is 32.1. The van der Waals surface area contributed by atoms with Crippen molar-refractivity contribution in [2.75, 3.05) is 25.4 Å². The first-order valence-electron chi connectivity index (χ1n) is 7.09. The fraction of sp³-hybridized carbons (Fsp3) is 0.312. The van der Waals surface area contributed by atoms with Gasteiger partial charge in [-0.05, 0) is 24.1 Å². The Morgan fingerprint density at radius 3 is 2.81 bits per heavy atom. The molecule has 0 fully saturated rings. The van der Waals surface area contributed by atoms with Crippen molar-refractivity contribution in [3.05, 3.63) is 52.3 Å². The van der Waals surface area contributed by atoms with E-state index in [4.69, 9.17) is 5.73 Å². The van der Waals surface area contributed by atoms with Crippen molar-refractivity contribution in [1.29, 1.82) is 0 Å². The van der Waals surface area contributed by atoms with E-state index in [-0.39, 0.29) is 5.82 Å². The first-order valence-corrected chi connectivity index (χ1v) is 7.91. The number of hydrogen-bond acceptors (Lipinski definition) is 4. The van der Waals surface area contributed by atoms with Crippen LogP contribution in [0.4, 0.5) is 9.52 Å². The van der Waals surface area contributed by atoms with Crippen LogP contribution < -0.4 is 5.73 Å². The molecule has 0 bridgehead atoms. The molecule has 0 radical (unpaired) electrons. The van der Waals surface area contributed by atoms with Crippen LogP contribution in [0.15, 0.2) is 30.3 Å². The number of anilines is 1. The van der Waals surface area contributed by atoms with Crippen LogP contribution in [0.25, 0.3) is 6.08 Å². The second-order valence-corrected chi connectivity index (χ2v) is 6.29. The zero-order valence-corrected chi connectivity index (χ0v) is 12.6. The van der Waals surface area contributed by atoms with E-state index in [0.29, 0.717) is 5.13 Å². The minimum Gasteiger partial charge on any atom is -0.375 e. The molecule has 1 aromatic heterocycles. The summed E-state index contributed by atoms with van der Waals surface area (Å²) >= 11 is 1.61. The van der Waals surface area contributed by atoms with E-state index in [1.165, 1.54) is 22.7 Å². The molecular weight excluding hydrogens is 285 g/mol. The molecule has 0 atom stereocenters. The molecule has 2 aromatic rings. The molecule has 3 rings (SSSR count). The van der Waals surface area contributed by atoms with E-state index < -0.39 is 0 Å². The largest absolute Gasteiger partial charge is 0.375 e. The Balaban J connectivity index is 1.55. The van der Waals surface area contributed by atoms with Crippen LogP contribution in [0, 0.1) is 5.82 Å². The lowest BCUT2D eigenvalue weighted by atomic mass is 10.2. The lowest BCUT2D eigenvalue weighted by Gasteiger charge is -2.17. The van der Waals surface area contributed by atoms with Gasteiger partial charge in [0.15, 0.2) is 5.13 Å². The topological polar surface area (TPSA) is 42.1 Å². The van der Waals surface area contributed by atoms with Crippen LogP contribution in [-0.4, -0.2) is 29.5 Å². The van der Waals surface area contributed by atoms with E-state index >= 15 is 0 Å². The zero-order chi connectivity index (χ0) is 14.7. The molecule has 3 nitrogen and oxygen atoms in total. The minimum absolute atomic E-state index is 0.197. The number of nitrogen functional groups attached to an aromatic ring is 1. The Bertz CT molecular complexity index is 608. The number of fused-ring (bicyclic) bond motifs is 1. The summed E-state index contributed by atoms with van der Waals surface area (Å²) in [7, 11) is 0. The quantitative estimate of drug-likeness (QED) is 0.948. The van der Waals surface area contributed by atoms with Crippen LogP contribution in [0.1, 0.15) is 16.1 Å². The molecule has 1 aliphatic heterocycles. The van der Waals surface area contributed by atoms with Gasteiger partial charge >= 0.3 is 0 Å². The first-order chi connectivity index (χ1) is 10.2. The minimum atomic E-state index is -0.197. The Hall–Kier alpha value is -1.72. The summed E-state index contributed by atoms with van der Waals surface area (Å²) in [6.07, 6.45) is 6.16. The summed E-state index contributed by atoms with van der Waals surface area (Å²) in [6.45, 7) is 2.94. The zero-order valence-electron chi connectivity index (χ0n) is 11.8. The highest BCUT2D eigenvalue weighted by Crippen LogP contribution is 2.24. The predicted octanol–water partition coefficient (Wildman–Crippen LogP) is 2.98. The summed E-state index contributed by atoms with van der Waals surface area (Å²) in [5.74, 6) is -0.197. The van der Waals surface area contributed by atoms with Gasteiger partial charge in [-0.2, -0.15) is 0 Å². The number of benzene rings is 1. The maximum atomic E-state index is 12.8. The fourth-order valence-electron chi connectivity index (χ4n) is 2.52. The van der Waals surface area contributed by atoms with Gasteiger partial charge in [0.25, 0.3) is 0 Å². The molecule has 0 amide bonds. The molecule has 1 aliphatic rings. The van der Waals surface area contributed by atoms with Gasteiger partial charge in [-0.3, -0.25) is 4.90 Å². The maximum Gasteiger partial charge on any atom is 0.180 e. The molecule has 0 aliphatic carbocycles. The second-order valence-electron chi connectivity index (χ2n) is 5.18. The lowest BCUT2D eigenvalue weighted by Crippen LogP contribution is -2.26. The molecule has 2 N–H and O–H groups in total. The van der Waals surface area contributed by atoms with Crippen LogP contribution in [0.3, 0.4) is 0 Å². The molecule has 21 heavy (non-hydrogen) atoms. The van der Waals surface area contributed by atoms with Crippen molar-refractivity contribution < 1.29 is 4.39 Å².